The molecule has 3 N–H and O–H groups in total. The molecule has 1 aromatic rings. The first-order valence-corrected chi connectivity index (χ1v) is 8.06. The van der Waals surface area contributed by atoms with E-state index in [1.807, 2.05) is 41.5 Å². The number of nitrogens with zero attached hydrogens (tertiary/aromatic N) is 2. The van der Waals surface area contributed by atoms with Crippen LogP contribution in [-0.2, 0) is 4.79 Å². The number of hydrogen-bond acceptors (Lipinski definition) is 3. The average Bonchev–Trinajstić information content (AvgIpc) is 2.83. The van der Waals surface area contributed by atoms with Gasteiger partial charge < -0.3 is 11.1 Å². The quantitative estimate of drug-likeness (QED) is 0.708. The monoisotopic (exact) mass is 402 g/mol. The summed E-state index contributed by atoms with van der Waals surface area (Å²) in [5, 5.41) is 1.60. The van der Waals surface area contributed by atoms with Crippen LogP contribution in [0.1, 0.15) is 48.5 Å². The molecule has 0 unspecified atom stereocenters. The fourth-order valence-electron chi connectivity index (χ4n) is 0.950. The number of allylic oxidation sites excluding steroid dienone is 1. The molecule has 1 aromatic heterocycles. The van der Waals surface area contributed by atoms with Gasteiger partial charge in [-0.05, 0) is 6.92 Å². The highest BCUT2D eigenvalue weighted by atomic mass is 79.9. The van der Waals surface area contributed by atoms with E-state index in [1.54, 1.807) is 12.2 Å². The molecular formula is C14H26BrF3N4O. The Morgan fingerprint density at radius 2 is 1.70 bits per heavy atom. The minimum Gasteiger partial charge on any atom is -0.369 e. The molecule has 0 atom stereocenters. The number of carbonyl (C=O) groups is 1. The summed E-state index contributed by atoms with van der Waals surface area (Å²) in [4.78, 5) is 14.2. The molecule has 0 bridgehead atoms. The van der Waals surface area contributed by atoms with Gasteiger partial charge in [0.1, 0.15) is 0 Å². The summed E-state index contributed by atoms with van der Waals surface area (Å²) in [6.45, 7) is 13.7. The number of nitrogens with one attached hydrogen (secondary N) is 1. The Morgan fingerprint density at radius 3 is 2.04 bits per heavy atom. The van der Waals surface area contributed by atoms with E-state index in [2.05, 4.69) is 20.9 Å². The third-order valence-electron chi connectivity index (χ3n) is 1.58. The van der Waals surface area contributed by atoms with Crippen LogP contribution in [-0.4, -0.2) is 21.6 Å². The van der Waals surface area contributed by atoms with Crippen molar-refractivity contribution in [2.45, 2.75) is 54.6 Å². The van der Waals surface area contributed by atoms with Gasteiger partial charge in [-0.3, -0.25) is 9.36 Å². The lowest BCUT2D eigenvalue weighted by atomic mass is 10.5. The molecule has 0 spiro atoms. The van der Waals surface area contributed by atoms with Gasteiger partial charge in [-0.25, -0.2) is 0 Å². The van der Waals surface area contributed by atoms with Gasteiger partial charge in [0.05, 0.1) is 6.20 Å². The van der Waals surface area contributed by atoms with Gasteiger partial charge in [0.2, 0.25) is 5.95 Å². The Balaban J connectivity index is -0.000000595. The minimum atomic E-state index is -4.96. The van der Waals surface area contributed by atoms with Crippen LogP contribution in [0.5, 0.6) is 0 Å². The van der Waals surface area contributed by atoms with Crippen molar-refractivity contribution in [1.29, 1.82) is 0 Å². The molecule has 0 saturated heterocycles. The Hall–Kier alpha value is -1.51. The van der Waals surface area contributed by atoms with Crippen molar-refractivity contribution >= 4 is 39.8 Å². The van der Waals surface area contributed by atoms with Gasteiger partial charge in [0, 0.05) is 10.7 Å². The summed E-state index contributed by atoms with van der Waals surface area (Å²) >= 11 is 3.13. The van der Waals surface area contributed by atoms with Crippen molar-refractivity contribution in [2.24, 2.45) is 0 Å². The van der Waals surface area contributed by atoms with Gasteiger partial charge >= 0.3 is 12.1 Å². The second-order valence-corrected chi connectivity index (χ2v) is 4.31. The number of nitrogen functional groups attached to an aromatic ring is 1. The predicted molar refractivity (Wildman–Crippen MR) is 94.2 cm³/mol. The van der Waals surface area contributed by atoms with Gasteiger partial charge in [0.25, 0.3) is 0 Å². The smallest absolute Gasteiger partial charge is 0.369 e. The highest BCUT2D eigenvalue weighted by Crippen LogP contribution is 2.19. The molecule has 1 heterocycles. The zero-order valence-electron chi connectivity index (χ0n) is 14.5. The number of rotatable bonds is 2. The average molecular weight is 403 g/mol. The number of nitrogens with two attached hydrogens (primary N) is 1. The molecule has 0 fully saturated rings. The molecule has 9 heteroatoms. The number of aromatic nitrogens is 2. The third-order valence-corrected chi connectivity index (χ3v) is 1.78. The number of carbonyl (C=O) groups excluding carboxylic acids is 1. The normalized spacial score (nSPS) is 10.1. The third kappa shape index (κ3) is 11.7. The molecule has 0 aromatic carbocycles. The lowest BCUT2D eigenvalue weighted by molar-refractivity contribution is -0.167. The Morgan fingerprint density at radius 1 is 1.26 bits per heavy atom. The van der Waals surface area contributed by atoms with E-state index in [0.29, 0.717) is 4.48 Å². The van der Waals surface area contributed by atoms with Crippen LogP contribution in [0.25, 0.3) is 6.20 Å². The highest BCUT2D eigenvalue weighted by Gasteiger charge is 2.39. The van der Waals surface area contributed by atoms with E-state index >= 15 is 0 Å². The van der Waals surface area contributed by atoms with Crippen LogP contribution in [0, 0.1) is 0 Å². The van der Waals surface area contributed by atoms with Crippen molar-refractivity contribution in [3.63, 3.8) is 0 Å². The van der Waals surface area contributed by atoms with E-state index in [1.165, 1.54) is 17.0 Å². The van der Waals surface area contributed by atoms with Gasteiger partial charge in [-0.15, -0.1) is 0 Å². The Bertz CT molecular complexity index is 467. The maximum Gasteiger partial charge on any atom is 0.471 e. The van der Waals surface area contributed by atoms with E-state index in [4.69, 9.17) is 5.73 Å². The second-order valence-electron chi connectivity index (χ2n) is 3.06. The molecule has 0 aliphatic heterocycles. The second kappa shape index (κ2) is 14.1. The maximum atomic E-state index is 12.0. The van der Waals surface area contributed by atoms with Crippen LogP contribution in [0.2, 0.25) is 0 Å². The van der Waals surface area contributed by atoms with Crippen molar-refractivity contribution < 1.29 is 18.0 Å². The standard InChI is InChI=1S/C8H8BrF3N4O.3C2H6/c1-4(9)2-16-3-5(15-7(16)13)14-6(17)8(10,11)12;3*1-2/h2-3H,1H3,(H2,13,15)(H,14,17);3*1-2H3/b4-2+;;;. The molecule has 5 nitrogen and oxygen atoms in total. The van der Waals surface area contributed by atoms with Crippen LogP contribution < -0.4 is 11.1 Å². The largest absolute Gasteiger partial charge is 0.471 e. The van der Waals surface area contributed by atoms with E-state index in [-0.39, 0.29) is 11.8 Å². The lowest BCUT2D eigenvalue weighted by Crippen LogP contribution is -2.30. The van der Waals surface area contributed by atoms with Crippen LogP contribution >= 0.6 is 15.9 Å². The SMILES string of the molecule is C/C(Br)=C\n1cc(NC(=O)C(F)(F)F)nc1N.CC.CC.CC. The molecular weight excluding hydrogens is 377 g/mol. The molecule has 0 saturated carbocycles. The molecule has 0 aliphatic rings. The predicted octanol–water partition coefficient (Wildman–Crippen LogP) is 5.26. The summed E-state index contributed by atoms with van der Waals surface area (Å²) in [5.41, 5.74) is 5.43. The fraction of sp³-hybridized carbons (Fsp3) is 0.571. The molecule has 23 heavy (non-hydrogen) atoms. The van der Waals surface area contributed by atoms with Gasteiger partial charge in [-0.1, -0.05) is 57.5 Å². The Kier molecular flexibility index (Phi) is 16.2. The number of halogens is 4. The van der Waals surface area contributed by atoms with Crippen molar-refractivity contribution in [2.75, 3.05) is 11.1 Å². The van der Waals surface area contributed by atoms with Gasteiger partial charge in [-0.2, -0.15) is 18.2 Å². The van der Waals surface area contributed by atoms with E-state index < -0.39 is 12.1 Å². The first kappa shape index (κ1) is 26.4. The minimum absolute atomic E-state index is 0.0405. The van der Waals surface area contributed by atoms with Crippen LogP contribution in [0.3, 0.4) is 0 Å². The molecule has 1 amide bonds. The van der Waals surface area contributed by atoms with Crippen molar-refractivity contribution in [1.82, 2.24) is 9.55 Å². The highest BCUT2D eigenvalue weighted by molar-refractivity contribution is 9.11. The molecule has 136 valence electrons. The zero-order chi connectivity index (χ0) is 19.2. The molecule has 1 rings (SSSR count). The number of amides is 1. The summed E-state index contributed by atoms with van der Waals surface area (Å²) in [5.74, 6) is -2.40. The summed E-state index contributed by atoms with van der Waals surface area (Å²) in [6, 6.07) is 0. The molecule has 0 radical (unpaired) electrons. The Labute approximate surface area is 144 Å². The first-order chi connectivity index (χ1) is 10.7. The summed E-state index contributed by atoms with van der Waals surface area (Å²) in [7, 11) is 0. The maximum absolute atomic E-state index is 12.0. The summed E-state index contributed by atoms with van der Waals surface area (Å²) in [6.07, 6.45) is -2.30. The van der Waals surface area contributed by atoms with Crippen molar-refractivity contribution in [3.05, 3.63) is 10.7 Å². The number of hydrogen-bond donors (Lipinski definition) is 2. The van der Waals surface area contributed by atoms with Crippen molar-refractivity contribution in [3.8, 4) is 0 Å². The van der Waals surface area contributed by atoms with Gasteiger partial charge in [0.15, 0.2) is 5.82 Å². The number of alkyl halides is 3. The van der Waals surface area contributed by atoms with Crippen LogP contribution in [0.4, 0.5) is 24.9 Å². The number of anilines is 2. The first-order valence-electron chi connectivity index (χ1n) is 7.26. The number of imidazole rings is 1. The fourth-order valence-corrected chi connectivity index (χ4v) is 1.17. The van der Waals surface area contributed by atoms with E-state index in [0.717, 1.165) is 0 Å². The summed E-state index contributed by atoms with van der Waals surface area (Å²) < 4.78 is 37.8. The molecule has 0 aliphatic carbocycles. The van der Waals surface area contributed by atoms with Crippen LogP contribution in [0.15, 0.2) is 10.7 Å². The van der Waals surface area contributed by atoms with E-state index in [9.17, 15) is 18.0 Å². The topological polar surface area (TPSA) is 72.9 Å². The lowest BCUT2D eigenvalue weighted by Gasteiger charge is -2.04. The zero-order valence-corrected chi connectivity index (χ0v) is 16.1.